The maximum atomic E-state index is 13.5. The first-order chi connectivity index (χ1) is 9.20. The van der Waals surface area contributed by atoms with E-state index in [0.717, 1.165) is 6.07 Å². The van der Waals surface area contributed by atoms with Crippen molar-refractivity contribution in [3.05, 3.63) is 41.3 Å². The van der Waals surface area contributed by atoms with Crippen LogP contribution >= 0.6 is 0 Å². The zero-order valence-electron chi connectivity index (χ0n) is 10.2. The number of hydrogen-bond acceptors (Lipinski definition) is 2. The highest BCUT2D eigenvalue weighted by atomic mass is 19.4. The third kappa shape index (κ3) is 2.49. The Kier molecular flexibility index (Phi) is 3.24. The summed E-state index contributed by atoms with van der Waals surface area (Å²) in [5.41, 5.74) is 2.70. The maximum absolute atomic E-state index is 13.5. The van der Waals surface area contributed by atoms with Gasteiger partial charge in [-0.15, -0.1) is 0 Å². The Balaban J connectivity index is 2.75. The lowest BCUT2D eigenvalue weighted by Crippen LogP contribution is -2.16. The van der Waals surface area contributed by atoms with Gasteiger partial charge >= 0.3 is 6.18 Å². The van der Waals surface area contributed by atoms with Crippen molar-refractivity contribution in [2.45, 2.75) is 6.18 Å². The van der Waals surface area contributed by atoms with Crippen LogP contribution in [0.25, 0.3) is 11.3 Å². The minimum atomic E-state index is -4.77. The van der Waals surface area contributed by atoms with Gasteiger partial charge in [-0.3, -0.25) is 9.48 Å². The number of rotatable bonds is 2. The van der Waals surface area contributed by atoms with E-state index in [0.29, 0.717) is 0 Å². The Hall–Kier alpha value is -2.38. The summed E-state index contributed by atoms with van der Waals surface area (Å²) in [5, 5.41) is 3.83. The molecule has 2 aromatic rings. The highest BCUT2D eigenvalue weighted by Crippen LogP contribution is 2.37. The minimum Gasteiger partial charge on any atom is -0.366 e. The summed E-state index contributed by atoms with van der Waals surface area (Å²) in [6.45, 7) is 0. The summed E-state index contributed by atoms with van der Waals surface area (Å²) in [4.78, 5) is 11.0. The van der Waals surface area contributed by atoms with Crippen LogP contribution in [0.5, 0.6) is 0 Å². The van der Waals surface area contributed by atoms with E-state index < -0.39 is 34.6 Å². The lowest BCUT2D eigenvalue weighted by molar-refractivity contribution is -0.137. The summed E-state index contributed by atoms with van der Waals surface area (Å²) >= 11 is 0. The predicted molar refractivity (Wildman–Crippen MR) is 62.1 cm³/mol. The van der Waals surface area contributed by atoms with E-state index in [2.05, 4.69) is 5.10 Å². The van der Waals surface area contributed by atoms with E-state index in [1.54, 1.807) is 0 Å². The molecule has 0 fully saturated rings. The molecule has 20 heavy (non-hydrogen) atoms. The smallest absolute Gasteiger partial charge is 0.366 e. The first kappa shape index (κ1) is 14.0. The highest BCUT2D eigenvalue weighted by molar-refractivity contribution is 5.94. The zero-order valence-corrected chi connectivity index (χ0v) is 10.2. The van der Waals surface area contributed by atoms with Crippen molar-refractivity contribution in [2.75, 3.05) is 0 Å². The second kappa shape index (κ2) is 4.62. The molecule has 0 saturated heterocycles. The molecule has 0 unspecified atom stereocenters. The van der Waals surface area contributed by atoms with Crippen molar-refractivity contribution in [3.8, 4) is 11.3 Å². The van der Waals surface area contributed by atoms with Gasteiger partial charge in [-0.05, 0) is 18.2 Å². The van der Waals surface area contributed by atoms with Crippen molar-refractivity contribution >= 4 is 5.91 Å². The van der Waals surface area contributed by atoms with Crippen LogP contribution in [0.2, 0.25) is 0 Å². The van der Waals surface area contributed by atoms with Gasteiger partial charge in [0, 0.05) is 18.8 Å². The van der Waals surface area contributed by atoms with Crippen LogP contribution < -0.4 is 5.73 Å². The summed E-state index contributed by atoms with van der Waals surface area (Å²) in [6, 6.07) is 2.35. The normalized spacial score (nSPS) is 11.7. The molecule has 0 aliphatic heterocycles. The van der Waals surface area contributed by atoms with Crippen LogP contribution in [-0.4, -0.2) is 15.7 Å². The molecule has 1 aromatic heterocycles. The van der Waals surface area contributed by atoms with Gasteiger partial charge in [0.25, 0.3) is 5.91 Å². The van der Waals surface area contributed by atoms with Crippen LogP contribution in [0, 0.1) is 5.82 Å². The van der Waals surface area contributed by atoms with Gasteiger partial charge in [-0.2, -0.15) is 18.3 Å². The zero-order chi connectivity index (χ0) is 15.1. The second-order valence-corrected chi connectivity index (χ2v) is 4.11. The number of primary amides is 1. The molecule has 0 radical (unpaired) electrons. The number of carbonyl (C=O) groups is 1. The number of aromatic nitrogens is 2. The van der Waals surface area contributed by atoms with Crippen molar-refractivity contribution in [2.24, 2.45) is 12.8 Å². The molecule has 0 spiro atoms. The summed E-state index contributed by atoms with van der Waals surface area (Å²) < 4.78 is 53.6. The number of nitrogens with two attached hydrogens (primary N) is 1. The van der Waals surface area contributed by atoms with Gasteiger partial charge in [-0.1, -0.05) is 0 Å². The largest absolute Gasteiger partial charge is 0.417 e. The van der Waals surface area contributed by atoms with Gasteiger partial charge in [0.1, 0.15) is 5.82 Å². The van der Waals surface area contributed by atoms with E-state index in [9.17, 15) is 22.4 Å². The Bertz CT molecular complexity index is 676. The first-order valence-electron chi connectivity index (χ1n) is 5.40. The molecule has 1 amide bonds. The Morgan fingerprint density at radius 2 is 2.00 bits per heavy atom. The molecular formula is C12H9F4N3O. The van der Waals surface area contributed by atoms with Crippen LogP contribution in [-0.2, 0) is 13.2 Å². The Labute approximate surface area is 110 Å². The van der Waals surface area contributed by atoms with Crippen LogP contribution in [0.4, 0.5) is 17.6 Å². The molecule has 0 bridgehead atoms. The van der Waals surface area contributed by atoms with Crippen LogP contribution in [0.3, 0.4) is 0 Å². The van der Waals surface area contributed by atoms with Crippen LogP contribution in [0.15, 0.2) is 24.4 Å². The topological polar surface area (TPSA) is 60.9 Å². The number of carbonyl (C=O) groups excluding carboxylic acids is 1. The fourth-order valence-electron chi connectivity index (χ4n) is 1.77. The molecule has 0 saturated carbocycles. The van der Waals surface area contributed by atoms with E-state index in [-0.39, 0.29) is 11.8 Å². The first-order valence-corrected chi connectivity index (χ1v) is 5.40. The van der Waals surface area contributed by atoms with Crippen molar-refractivity contribution in [3.63, 3.8) is 0 Å². The van der Waals surface area contributed by atoms with E-state index in [4.69, 9.17) is 5.73 Å². The van der Waals surface area contributed by atoms with Crippen LogP contribution in [0.1, 0.15) is 15.9 Å². The lowest BCUT2D eigenvalue weighted by atomic mass is 10.00. The quantitative estimate of drug-likeness (QED) is 0.862. The fraction of sp³-hybridized carbons (Fsp3) is 0.167. The van der Waals surface area contributed by atoms with Crippen molar-refractivity contribution < 1.29 is 22.4 Å². The Morgan fingerprint density at radius 3 is 2.45 bits per heavy atom. The third-order valence-electron chi connectivity index (χ3n) is 2.67. The monoisotopic (exact) mass is 287 g/mol. The number of amides is 1. The number of alkyl halides is 3. The summed E-state index contributed by atoms with van der Waals surface area (Å²) in [7, 11) is 1.52. The molecule has 106 valence electrons. The molecule has 0 aliphatic rings. The molecule has 2 rings (SSSR count). The summed E-state index contributed by atoms with van der Waals surface area (Å²) in [6.07, 6.45) is -3.34. The molecule has 4 nitrogen and oxygen atoms in total. The van der Waals surface area contributed by atoms with Crippen molar-refractivity contribution in [1.29, 1.82) is 0 Å². The summed E-state index contributed by atoms with van der Waals surface area (Å²) in [5.74, 6) is -2.46. The Morgan fingerprint density at radius 1 is 1.35 bits per heavy atom. The molecule has 1 aromatic carbocycles. The van der Waals surface area contributed by atoms with Gasteiger partial charge in [-0.25, -0.2) is 4.39 Å². The average Bonchev–Trinajstić information content (AvgIpc) is 2.73. The lowest BCUT2D eigenvalue weighted by Gasteiger charge is -2.13. The van der Waals surface area contributed by atoms with E-state index >= 15 is 0 Å². The van der Waals surface area contributed by atoms with Gasteiger partial charge in [0.05, 0.1) is 16.8 Å². The van der Waals surface area contributed by atoms with Gasteiger partial charge in [0.15, 0.2) is 0 Å². The van der Waals surface area contributed by atoms with E-state index in [1.165, 1.54) is 24.0 Å². The molecule has 1 heterocycles. The molecule has 8 heteroatoms. The van der Waals surface area contributed by atoms with Gasteiger partial charge in [0.2, 0.25) is 0 Å². The number of nitrogens with zero attached hydrogens (tertiary/aromatic N) is 2. The number of halogens is 4. The SMILES string of the molecule is Cn1ccc(-c2cc(C(N)=O)c(F)cc2C(F)(F)F)n1. The maximum Gasteiger partial charge on any atom is 0.417 e. The molecule has 0 aliphatic carbocycles. The third-order valence-corrected chi connectivity index (χ3v) is 2.67. The van der Waals surface area contributed by atoms with Gasteiger partial charge < -0.3 is 5.73 Å². The number of benzene rings is 1. The standard InChI is InChI=1S/C12H9F4N3O/c1-19-3-2-10(18-19)6-4-7(11(17)20)9(13)5-8(6)12(14,15)16/h2-5H,1H3,(H2,17,20). The average molecular weight is 287 g/mol. The fourth-order valence-corrected chi connectivity index (χ4v) is 1.77. The highest BCUT2D eigenvalue weighted by Gasteiger charge is 2.35. The molecule has 0 atom stereocenters. The number of aryl methyl sites for hydroxylation is 1. The second-order valence-electron chi connectivity index (χ2n) is 4.11. The van der Waals surface area contributed by atoms with E-state index in [1.807, 2.05) is 0 Å². The number of hydrogen-bond donors (Lipinski definition) is 1. The van der Waals surface area contributed by atoms with Crippen molar-refractivity contribution in [1.82, 2.24) is 9.78 Å². The minimum absolute atomic E-state index is 0.0256. The molecular weight excluding hydrogens is 278 g/mol. The predicted octanol–water partition coefficient (Wildman–Crippen LogP) is 2.34. The molecule has 2 N–H and O–H groups in total.